The monoisotopic (exact) mass is 433 g/mol. The molecule has 0 aliphatic carbocycles. The van der Waals surface area contributed by atoms with Crippen LogP contribution in [0.25, 0.3) is 10.9 Å². The third-order valence-corrected chi connectivity index (χ3v) is 5.45. The molecule has 0 aliphatic rings. The third-order valence-electron chi connectivity index (χ3n) is 4.00. The van der Waals surface area contributed by atoms with Gasteiger partial charge < -0.3 is 5.32 Å². The van der Waals surface area contributed by atoms with Gasteiger partial charge in [0.1, 0.15) is 0 Å². The highest BCUT2D eigenvalue weighted by atomic mass is 35.5. The largest absolute Gasteiger partial charge is 0.325 e. The van der Waals surface area contributed by atoms with Gasteiger partial charge in [-0.15, -0.1) is 6.58 Å². The number of hydrogen-bond donors (Lipinski definition) is 1. The van der Waals surface area contributed by atoms with E-state index in [0.29, 0.717) is 38.3 Å². The number of fused-ring (bicyclic) bond motifs is 1. The topological polar surface area (TPSA) is 64.0 Å². The molecule has 3 aromatic rings. The van der Waals surface area contributed by atoms with Crippen molar-refractivity contribution in [1.82, 2.24) is 9.55 Å². The Bertz CT molecular complexity index is 1130. The van der Waals surface area contributed by atoms with Crippen molar-refractivity contribution >= 4 is 57.5 Å². The molecule has 144 valence electrons. The van der Waals surface area contributed by atoms with Crippen LogP contribution < -0.4 is 10.9 Å². The zero-order valence-electron chi connectivity index (χ0n) is 15.0. The van der Waals surface area contributed by atoms with Gasteiger partial charge >= 0.3 is 0 Å². The molecular formula is C20H17Cl2N3O2S. The summed E-state index contributed by atoms with van der Waals surface area (Å²) in [6.45, 7) is 5.87. The Morgan fingerprint density at radius 3 is 2.71 bits per heavy atom. The van der Waals surface area contributed by atoms with Gasteiger partial charge in [-0.2, -0.15) is 0 Å². The highest BCUT2D eigenvalue weighted by Crippen LogP contribution is 2.23. The van der Waals surface area contributed by atoms with E-state index in [4.69, 9.17) is 23.2 Å². The maximum absolute atomic E-state index is 12.8. The van der Waals surface area contributed by atoms with E-state index in [1.807, 2.05) is 13.0 Å². The minimum absolute atomic E-state index is 0.0849. The van der Waals surface area contributed by atoms with E-state index < -0.39 is 0 Å². The lowest BCUT2D eigenvalue weighted by Crippen LogP contribution is -2.24. The van der Waals surface area contributed by atoms with Crippen LogP contribution in [-0.2, 0) is 11.3 Å². The van der Waals surface area contributed by atoms with Crippen molar-refractivity contribution in [2.45, 2.75) is 18.6 Å². The predicted octanol–water partition coefficient (Wildman–Crippen LogP) is 4.93. The first-order chi connectivity index (χ1) is 13.4. The van der Waals surface area contributed by atoms with Crippen LogP contribution in [0.3, 0.4) is 0 Å². The van der Waals surface area contributed by atoms with Crippen molar-refractivity contribution in [2.24, 2.45) is 0 Å². The molecule has 0 aliphatic heterocycles. The van der Waals surface area contributed by atoms with Gasteiger partial charge in [-0.3, -0.25) is 14.2 Å². The molecule has 28 heavy (non-hydrogen) atoms. The summed E-state index contributed by atoms with van der Waals surface area (Å²) in [4.78, 5) is 29.7. The van der Waals surface area contributed by atoms with Crippen LogP contribution in [0, 0.1) is 6.92 Å². The second kappa shape index (κ2) is 8.82. The van der Waals surface area contributed by atoms with Crippen molar-refractivity contribution in [1.29, 1.82) is 0 Å². The number of carbonyl (C=O) groups is 1. The molecule has 0 saturated heterocycles. The summed E-state index contributed by atoms with van der Waals surface area (Å²) >= 11 is 13.2. The molecule has 0 bridgehead atoms. The highest BCUT2D eigenvalue weighted by Gasteiger charge is 2.13. The summed E-state index contributed by atoms with van der Waals surface area (Å²) in [6, 6.07) is 10.2. The Morgan fingerprint density at radius 1 is 1.25 bits per heavy atom. The van der Waals surface area contributed by atoms with Crippen LogP contribution in [0.5, 0.6) is 0 Å². The lowest BCUT2D eigenvalue weighted by atomic mass is 10.2. The smallest absolute Gasteiger partial charge is 0.262 e. The molecular weight excluding hydrogens is 417 g/mol. The van der Waals surface area contributed by atoms with Crippen LogP contribution in [0.1, 0.15) is 5.56 Å². The van der Waals surface area contributed by atoms with Crippen LogP contribution in [0.2, 0.25) is 10.0 Å². The molecule has 1 aromatic heterocycles. The summed E-state index contributed by atoms with van der Waals surface area (Å²) in [5.74, 6) is -0.136. The molecule has 1 N–H and O–H groups in total. The van der Waals surface area contributed by atoms with Crippen LogP contribution in [-0.4, -0.2) is 21.2 Å². The summed E-state index contributed by atoms with van der Waals surface area (Å²) in [7, 11) is 0. The zero-order valence-corrected chi connectivity index (χ0v) is 17.4. The number of hydrogen-bond acceptors (Lipinski definition) is 4. The van der Waals surface area contributed by atoms with Crippen LogP contribution >= 0.6 is 35.0 Å². The lowest BCUT2D eigenvalue weighted by molar-refractivity contribution is -0.113. The number of nitrogens with zero attached hydrogens (tertiary/aromatic N) is 2. The van der Waals surface area contributed by atoms with E-state index >= 15 is 0 Å². The van der Waals surface area contributed by atoms with Crippen molar-refractivity contribution in [2.75, 3.05) is 11.1 Å². The van der Waals surface area contributed by atoms with E-state index in [1.165, 1.54) is 16.3 Å². The quantitative estimate of drug-likeness (QED) is 0.340. The van der Waals surface area contributed by atoms with Gasteiger partial charge in [0.2, 0.25) is 5.91 Å². The molecule has 0 unspecified atom stereocenters. The fraction of sp³-hybridized carbons (Fsp3) is 0.150. The Kier molecular flexibility index (Phi) is 6.44. The fourth-order valence-electron chi connectivity index (χ4n) is 2.62. The number of rotatable bonds is 6. The molecule has 0 fully saturated rings. The van der Waals surface area contributed by atoms with Gasteiger partial charge in [-0.1, -0.05) is 47.1 Å². The Hall–Kier alpha value is -2.28. The first kappa shape index (κ1) is 20.5. The summed E-state index contributed by atoms with van der Waals surface area (Å²) < 4.78 is 1.49. The number of benzene rings is 2. The molecule has 5 nitrogen and oxygen atoms in total. The molecule has 0 spiro atoms. The minimum atomic E-state index is -0.221. The number of allylic oxidation sites excluding steroid dienone is 1. The molecule has 1 amide bonds. The molecule has 3 rings (SSSR count). The Labute approximate surface area is 176 Å². The predicted molar refractivity (Wildman–Crippen MR) is 117 cm³/mol. The number of aryl methyl sites for hydroxylation is 1. The number of amides is 1. The number of nitrogens with one attached hydrogen (secondary N) is 1. The number of halogens is 2. The Balaban J connectivity index is 1.85. The average Bonchev–Trinajstić information content (AvgIpc) is 2.65. The van der Waals surface area contributed by atoms with E-state index in [2.05, 4.69) is 16.9 Å². The van der Waals surface area contributed by atoms with Crippen molar-refractivity contribution < 1.29 is 4.79 Å². The van der Waals surface area contributed by atoms with Crippen LogP contribution in [0.15, 0.2) is 59.0 Å². The molecule has 1 heterocycles. The third kappa shape index (κ3) is 4.58. The van der Waals surface area contributed by atoms with Gasteiger partial charge in [-0.25, -0.2) is 4.98 Å². The number of thioether (sulfide) groups is 1. The average molecular weight is 434 g/mol. The van der Waals surface area contributed by atoms with Crippen molar-refractivity contribution in [3.63, 3.8) is 0 Å². The SMILES string of the molecule is C=CCn1c(SCC(=O)Nc2cc(Cl)ccc2C)nc2cc(Cl)ccc2c1=O. The fourth-order valence-corrected chi connectivity index (χ4v) is 3.77. The van der Waals surface area contributed by atoms with Crippen LogP contribution in [0.4, 0.5) is 5.69 Å². The van der Waals surface area contributed by atoms with Gasteiger partial charge in [-0.05, 0) is 42.8 Å². The Morgan fingerprint density at radius 2 is 1.96 bits per heavy atom. The number of anilines is 1. The van der Waals surface area contributed by atoms with E-state index in [9.17, 15) is 9.59 Å². The number of aromatic nitrogens is 2. The maximum atomic E-state index is 12.8. The first-order valence-corrected chi connectivity index (χ1v) is 10.1. The minimum Gasteiger partial charge on any atom is -0.325 e. The summed E-state index contributed by atoms with van der Waals surface area (Å²) in [5, 5.41) is 4.76. The molecule has 2 aromatic carbocycles. The summed E-state index contributed by atoms with van der Waals surface area (Å²) in [5.41, 5.74) is 1.85. The normalized spacial score (nSPS) is 10.8. The van der Waals surface area contributed by atoms with E-state index in [0.717, 1.165) is 5.56 Å². The molecule has 0 saturated carbocycles. The van der Waals surface area contributed by atoms with Gasteiger partial charge in [0.25, 0.3) is 5.56 Å². The van der Waals surface area contributed by atoms with Crippen molar-refractivity contribution in [3.05, 3.63) is 75.0 Å². The molecule has 0 radical (unpaired) electrons. The van der Waals surface area contributed by atoms with E-state index in [1.54, 1.807) is 36.4 Å². The van der Waals surface area contributed by atoms with E-state index in [-0.39, 0.29) is 17.2 Å². The number of carbonyl (C=O) groups excluding carboxylic acids is 1. The first-order valence-electron chi connectivity index (χ1n) is 8.39. The second-order valence-electron chi connectivity index (χ2n) is 6.06. The second-order valence-corrected chi connectivity index (χ2v) is 7.87. The molecule has 0 atom stereocenters. The van der Waals surface area contributed by atoms with Gasteiger partial charge in [0, 0.05) is 22.3 Å². The van der Waals surface area contributed by atoms with Gasteiger partial charge in [0.05, 0.1) is 16.7 Å². The van der Waals surface area contributed by atoms with Gasteiger partial charge in [0.15, 0.2) is 5.16 Å². The lowest BCUT2D eigenvalue weighted by Gasteiger charge is -2.12. The highest BCUT2D eigenvalue weighted by molar-refractivity contribution is 7.99. The molecule has 8 heteroatoms. The summed E-state index contributed by atoms with van der Waals surface area (Å²) in [6.07, 6.45) is 1.62. The standard InChI is InChI=1S/C20H17Cl2N3O2S/c1-3-8-25-19(27)15-7-6-14(22)10-17(15)24-20(25)28-11-18(26)23-16-9-13(21)5-4-12(16)2/h3-7,9-10H,1,8,11H2,2H3,(H,23,26). The zero-order chi connectivity index (χ0) is 20.3. The van der Waals surface area contributed by atoms with Crippen molar-refractivity contribution in [3.8, 4) is 0 Å². The maximum Gasteiger partial charge on any atom is 0.262 e.